The predicted octanol–water partition coefficient (Wildman–Crippen LogP) is 1.41. The van der Waals surface area contributed by atoms with Gasteiger partial charge in [0.2, 0.25) is 5.91 Å². The van der Waals surface area contributed by atoms with Crippen LogP contribution in [0.1, 0.15) is 17.2 Å². The van der Waals surface area contributed by atoms with Gasteiger partial charge in [0, 0.05) is 0 Å². The average Bonchev–Trinajstić information content (AvgIpc) is 2.55. The van der Waals surface area contributed by atoms with Crippen molar-refractivity contribution in [2.75, 3.05) is 6.61 Å². The highest BCUT2D eigenvalue weighted by Crippen LogP contribution is 2.10. The monoisotopic (exact) mass is 284 g/mol. The molecule has 2 rings (SSSR count). The van der Waals surface area contributed by atoms with Gasteiger partial charge in [-0.3, -0.25) is 4.79 Å². The Kier molecular flexibility index (Phi) is 5.49. The van der Waals surface area contributed by atoms with Gasteiger partial charge in [-0.2, -0.15) is 0 Å². The highest BCUT2D eigenvalue weighted by atomic mass is 16.3. The van der Waals surface area contributed by atoms with Gasteiger partial charge in [-0.05, 0) is 17.5 Å². The molecule has 2 atom stereocenters. The Bertz CT molecular complexity index is 558. The largest absolute Gasteiger partial charge is 0.394 e. The molecule has 0 spiro atoms. The molecule has 0 heterocycles. The van der Waals surface area contributed by atoms with Crippen molar-refractivity contribution in [3.63, 3.8) is 0 Å². The Morgan fingerprint density at radius 3 is 2.19 bits per heavy atom. The van der Waals surface area contributed by atoms with E-state index in [1.807, 2.05) is 60.7 Å². The Balaban J connectivity index is 1.96. The smallest absolute Gasteiger partial charge is 0.241 e. The summed E-state index contributed by atoms with van der Waals surface area (Å²) in [4.78, 5) is 12.2. The molecular weight excluding hydrogens is 264 g/mol. The Morgan fingerprint density at radius 2 is 1.62 bits per heavy atom. The van der Waals surface area contributed by atoms with Crippen molar-refractivity contribution in [1.82, 2.24) is 5.32 Å². The van der Waals surface area contributed by atoms with E-state index >= 15 is 0 Å². The molecule has 4 nitrogen and oxygen atoms in total. The van der Waals surface area contributed by atoms with Crippen LogP contribution in [0.15, 0.2) is 60.7 Å². The number of aliphatic hydroxyl groups is 1. The molecule has 1 unspecified atom stereocenters. The molecular formula is C17H20N2O2. The zero-order valence-electron chi connectivity index (χ0n) is 11.8. The maximum Gasteiger partial charge on any atom is 0.241 e. The predicted molar refractivity (Wildman–Crippen MR) is 82.5 cm³/mol. The third-order valence-corrected chi connectivity index (χ3v) is 3.33. The van der Waals surface area contributed by atoms with E-state index in [1.54, 1.807) is 0 Å². The minimum atomic E-state index is -0.726. The first-order valence-electron chi connectivity index (χ1n) is 6.96. The first kappa shape index (κ1) is 15.2. The lowest BCUT2D eigenvalue weighted by Gasteiger charge is -2.19. The summed E-state index contributed by atoms with van der Waals surface area (Å²) in [5.41, 5.74) is 7.76. The van der Waals surface area contributed by atoms with E-state index in [9.17, 15) is 9.90 Å². The molecule has 0 radical (unpaired) electrons. The van der Waals surface area contributed by atoms with Gasteiger partial charge in [-0.25, -0.2) is 0 Å². The molecule has 2 aromatic rings. The number of aliphatic hydroxyl groups excluding tert-OH is 1. The maximum absolute atomic E-state index is 12.2. The van der Waals surface area contributed by atoms with Crippen LogP contribution in [0, 0.1) is 0 Å². The van der Waals surface area contributed by atoms with Crippen LogP contribution in [-0.2, 0) is 11.2 Å². The zero-order chi connectivity index (χ0) is 15.1. The fraction of sp³-hybridized carbons (Fsp3) is 0.235. The highest BCUT2D eigenvalue weighted by molar-refractivity contribution is 5.83. The van der Waals surface area contributed by atoms with E-state index in [0.717, 1.165) is 11.1 Å². The molecule has 0 fully saturated rings. The van der Waals surface area contributed by atoms with Crippen LogP contribution < -0.4 is 11.1 Å². The Hall–Kier alpha value is -2.17. The normalized spacial score (nSPS) is 13.4. The van der Waals surface area contributed by atoms with Gasteiger partial charge in [0.1, 0.15) is 6.04 Å². The Labute approximate surface area is 124 Å². The van der Waals surface area contributed by atoms with Crippen LogP contribution in [0.2, 0.25) is 0 Å². The lowest BCUT2D eigenvalue weighted by molar-refractivity contribution is -0.123. The SMILES string of the molecule is N[C@@H](C(=O)NC(CO)Cc1ccccc1)c1ccccc1. The summed E-state index contributed by atoms with van der Waals surface area (Å²) in [6.45, 7) is -0.123. The standard InChI is InChI=1S/C17H20N2O2/c18-16(14-9-5-2-6-10-14)17(21)19-15(12-20)11-13-7-3-1-4-8-13/h1-10,15-16,20H,11-12,18H2,(H,19,21)/t15?,16-/m1/s1. The topological polar surface area (TPSA) is 75.4 Å². The molecule has 0 aliphatic heterocycles. The number of hydrogen-bond acceptors (Lipinski definition) is 3. The van der Waals surface area contributed by atoms with Gasteiger partial charge in [0.25, 0.3) is 0 Å². The van der Waals surface area contributed by atoms with Crippen molar-refractivity contribution in [3.05, 3.63) is 71.8 Å². The number of hydrogen-bond donors (Lipinski definition) is 3. The second-order valence-corrected chi connectivity index (χ2v) is 4.97. The summed E-state index contributed by atoms with van der Waals surface area (Å²) >= 11 is 0. The first-order chi connectivity index (χ1) is 10.2. The van der Waals surface area contributed by atoms with Crippen LogP contribution >= 0.6 is 0 Å². The number of amides is 1. The van der Waals surface area contributed by atoms with Crippen molar-refractivity contribution >= 4 is 5.91 Å². The number of carbonyl (C=O) groups excluding carboxylic acids is 1. The number of nitrogens with two attached hydrogens (primary N) is 1. The molecule has 0 bridgehead atoms. The molecule has 2 aromatic carbocycles. The second kappa shape index (κ2) is 7.57. The molecule has 0 saturated carbocycles. The second-order valence-electron chi connectivity index (χ2n) is 4.97. The number of benzene rings is 2. The van der Waals surface area contributed by atoms with Gasteiger partial charge in [0.15, 0.2) is 0 Å². The number of nitrogens with one attached hydrogen (secondary N) is 1. The van der Waals surface area contributed by atoms with Crippen LogP contribution in [0.5, 0.6) is 0 Å². The molecule has 1 amide bonds. The van der Waals surface area contributed by atoms with Gasteiger partial charge >= 0.3 is 0 Å². The van der Waals surface area contributed by atoms with E-state index in [2.05, 4.69) is 5.32 Å². The summed E-state index contributed by atoms with van der Waals surface area (Å²) in [6.07, 6.45) is 0.574. The minimum absolute atomic E-state index is 0.123. The molecule has 0 saturated heterocycles. The van der Waals surface area contributed by atoms with Crippen LogP contribution in [0.4, 0.5) is 0 Å². The van der Waals surface area contributed by atoms with Crippen LogP contribution in [0.25, 0.3) is 0 Å². The van der Waals surface area contributed by atoms with Crippen molar-refractivity contribution in [3.8, 4) is 0 Å². The van der Waals surface area contributed by atoms with Gasteiger partial charge < -0.3 is 16.2 Å². The minimum Gasteiger partial charge on any atom is -0.394 e. The highest BCUT2D eigenvalue weighted by Gasteiger charge is 2.19. The molecule has 0 aliphatic carbocycles. The molecule has 0 aromatic heterocycles. The summed E-state index contributed by atoms with van der Waals surface area (Å²) in [5.74, 6) is -0.281. The number of carbonyl (C=O) groups is 1. The third kappa shape index (κ3) is 4.41. The summed E-state index contributed by atoms with van der Waals surface area (Å²) in [5, 5.41) is 12.2. The molecule has 0 aliphatic rings. The van der Waals surface area contributed by atoms with Crippen LogP contribution in [-0.4, -0.2) is 23.7 Å². The van der Waals surface area contributed by atoms with E-state index in [0.29, 0.717) is 6.42 Å². The lowest BCUT2D eigenvalue weighted by Crippen LogP contribution is -2.43. The van der Waals surface area contributed by atoms with Crippen molar-refractivity contribution < 1.29 is 9.90 Å². The van der Waals surface area contributed by atoms with Crippen LogP contribution in [0.3, 0.4) is 0 Å². The van der Waals surface area contributed by atoms with E-state index in [-0.39, 0.29) is 18.6 Å². The molecule has 4 heteroatoms. The molecule has 4 N–H and O–H groups in total. The van der Waals surface area contributed by atoms with E-state index < -0.39 is 6.04 Å². The fourth-order valence-corrected chi connectivity index (χ4v) is 2.16. The number of rotatable bonds is 6. The fourth-order valence-electron chi connectivity index (χ4n) is 2.16. The average molecular weight is 284 g/mol. The van der Waals surface area contributed by atoms with E-state index in [1.165, 1.54) is 0 Å². The zero-order valence-corrected chi connectivity index (χ0v) is 11.8. The van der Waals surface area contributed by atoms with E-state index in [4.69, 9.17) is 5.73 Å². The quantitative estimate of drug-likeness (QED) is 0.750. The summed E-state index contributed by atoms with van der Waals surface area (Å²) < 4.78 is 0. The molecule has 21 heavy (non-hydrogen) atoms. The maximum atomic E-state index is 12.2. The summed E-state index contributed by atoms with van der Waals surface area (Å²) in [7, 11) is 0. The lowest BCUT2D eigenvalue weighted by atomic mass is 10.0. The molecule has 110 valence electrons. The third-order valence-electron chi connectivity index (χ3n) is 3.33. The van der Waals surface area contributed by atoms with Crippen molar-refractivity contribution in [2.24, 2.45) is 5.73 Å². The van der Waals surface area contributed by atoms with Gasteiger partial charge in [-0.15, -0.1) is 0 Å². The first-order valence-corrected chi connectivity index (χ1v) is 6.96. The Morgan fingerprint density at radius 1 is 1.05 bits per heavy atom. The van der Waals surface area contributed by atoms with Crippen molar-refractivity contribution in [1.29, 1.82) is 0 Å². The van der Waals surface area contributed by atoms with Gasteiger partial charge in [0.05, 0.1) is 12.6 Å². The van der Waals surface area contributed by atoms with Crippen molar-refractivity contribution in [2.45, 2.75) is 18.5 Å². The summed E-state index contributed by atoms with van der Waals surface area (Å²) in [6, 6.07) is 17.9. The van der Waals surface area contributed by atoms with Gasteiger partial charge in [-0.1, -0.05) is 60.7 Å².